The summed E-state index contributed by atoms with van der Waals surface area (Å²) in [5.74, 6) is 0.976. The van der Waals surface area contributed by atoms with Crippen molar-refractivity contribution >= 4 is 40.7 Å². The normalized spacial score (nSPS) is 14.4. The monoisotopic (exact) mass is 692 g/mol. The number of rotatable bonds is 11. The van der Waals surface area contributed by atoms with Crippen molar-refractivity contribution in [2.45, 2.75) is 46.3 Å². The number of esters is 1. The topological polar surface area (TPSA) is 79.1 Å². The second-order valence-electron chi connectivity index (χ2n) is 11.8. The van der Waals surface area contributed by atoms with Gasteiger partial charge in [0.15, 0.2) is 16.3 Å². The highest BCUT2D eigenvalue weighted by Crippen LogP contribution is 2.36. The van der Waals surface area contributed by atoms with Crippen LogP contribution in [0.4, 0.5) is 0 Å². The summed E-state index contributed by atoms with van der Waals surface area (Å²) < 4.78 is 19.7. The Morgan fingerprint density at radius 1 is 0.918 bits per heavy atom. The summed E-state index contributed by atoms with van der Waals surface area (Å²) >= 11 is 7.31. The van der Waals surface area contributed by atoms with E-state index >= 15 is 0 Å². The first-order chi connectivity index (χ1) is 23.8. The van der Waals surface area contributed by atoms with Crippen LogP contribution in [-0.2, 0) is 16.1 Å². The Morgan fingerprint density at radius 2 is 1.65 bits per heavy atom. The van der Waals surface area contributed by atoms with Crippen LogP contribution in [0.15, 0.2) is 112 Å². The number of carbonyl (C=O) groups excluding carboxylic acids is 1. The van der Waals surface area contributed by atoms with Gasteiger partial charge in [-0.1, -0.05) is 110 Å². The molecule has 0 saturated carbocycles. The third-order valence-electron chi connectivity index (χ3n) is 8.17. The zero-order valence-electron chi connectivity index (χ0n) is 27.8. The van der Waals surface area contributed by atoms with E-state index in [4.69, 9.17) is 30.8 Å². The highest BCUT2D eigenvalue weighted by atomic mass is 35.5. The van der Waals surface area contributed by atoms with Gasteiger partial charge in [0.2, 0.25) is 0 Å². The minimum Gasteiger partial charge on any atom is -0.490 e. The van der Waals surface area contributed by atoms with E-state index < -0.39 is 12.0 Å². The number of ether oxygens (including phenoxy) is 3. The number of aromatic nitrogens is 1. The van der Waals surface area contributed by atoms with Crippen LogP contribution in [-0.4, -0.2) is 23.8 Å². The van der Waals surface area contributed by atoms with Crippen molar-refractivity contribution in [3.63, 3.8) is 0 Å². The molecule has 7 nitrogen and oxygen atoms in total. The summed E-state index contributed by atoms with van der Waals surface area (Å²) in [7, 11) is 0. The van der Waals surface area contributed by atoms with Gasteiger partial charge in [-0.3, -0.25) is 9.36 Å². The third kappa shape index (κ3) is 7.41. The molecule has 0 bridgehead atoms. The summed E-state index contributed by atoms with van der Waals surface area (Å²) in [5, 5.41) is 0.664. The van der Waals surface area contributed by atoms with Crippen LogP contribution in [0, 0.1) is 0 Å². The van der Waals surface area contributed by atoms with Crippen LogP contribution < -0.4 is 24.4 Å². The molecular weight excluding hydrogens is 656 g/mol. The maximum absolute atomic E-state index is 14.3. The fourth-order valence-electron chi connectivity index (χ4n) is 5.71. The molecule has 0 fully saturated rings. The van der Waals surface area contributed by atoms with Crippen molar-refractivity contribution in [2.24, 2.45) is 4.99 Å². The molecule has 0 unspecified atom stereocenters. The molecule has 1 aliphatic heterocycles. The molecule has 0 amide bonds. The minimum atomic E-state index is -0.739. The van der Waals surface area contributed by atoms with Crippen LogP contribution >= 0.6 is 22.9 Å². The summed E-state index contributed by atoms with van der Waals surface area (Å²) in [6.07, 6.45) is 1.82. The fourth-order valence-corrected chi connectivity index (χ4v) is 6.84. The maximum atomic E-state index is 14.3. The number of nitrogens with zero attached hydrogens (tertiary/aromatic N) is 2. The zero-order chi connectivity index (χ0) is 34.5. The molecule has 0 aliphatic carbocycles. The average Bonchev–Trinajstić information content (AvgIpc) is 3.42. The molecule has 5 aromatic rings. The van der Waals surface area contributed by atoms with Gasteiger partial charge in [0.05, 0.1) is 35.1 Å². The first-order valence-corrected chi connectivity index (χ1v) is 17.5. The lowest BCUT2D eigenvalue weighted by atomic mass is 9.91. The summed E-state index contributed by atoms with van der Waals surface area (Å²) in [4.78, 5) is 33.6. The summed E-state index contributed by atoms with van der Waals surface area (Å²) in [5.41, 5.74) is 5.02. The summed E-state index contributed by atoms with van der Waals surface area (Å²) in [6.45, 7) is 8.92. The zero-order valence-corrected chi connectivity index (χ0v) is 29.4. The minimum absolute atomic E-state index is 0.190. The average molecular weight is 693 g/mol. The smallest absolute Gasteiger partial charge is 0.338 e. The predicted molar refractivity (Wildman–Crippen MR) is 195 cm³/mol. The predicted octanol–water partition coefficient (Wildman–Crippen LogP) is 7.69. The van der Waals surface area contributed by atoms with Gasteiger partial charge in [0.1, 0.15) is 6.61 Å². The lowest BCUT2D eigenvalue weighted by Crippen LogP contribution is -2.40. The Hall–Kier alpha value is -4.92. The van der Waals surface area contributed by atoms with Gasteiger partial charge in [-0.25, -0.2) is 9.79 Å². The van der Waals surface area contributed by atoms with Gasteiger partial charge >= 0.3 is 5.97 Å². The maximum Gasteiger partial charge on any atom is 0.338 e. The molecule has 250 valence electrons. The highest BCUT2D eigenvalue weighted by molar-refractivity contribution is 7.07. The Labute approximate surface area is 294 Å². The number of hydrogen-bond donors (Lipinski definition) is 0. The lowest BCUT2D eigenvalue weighted by Gasteiger charge is -2.26. The molecule has 6 rings (SSSR count). The molecule has 1 aliphatic rings. The Bertz CT molecular complexity index is 2170. The first kappa shape index (κ1) is 34.0. The number of carbonyl (C=O) groups is 1. The van der Waals surface area contributed by atoms with Gasteiger partial charge < -0.3 is 14.2 Å². The Balaban J connectivity index is 1.47. The number of thiazole rings is 1. The van der Waals surface area contributed by atoms with Crippen molar-refractivity contribution in [2.75, 3.05) is 13.2 Å². The molecule has 0 spiro atoms. The number of hydrogen-bond acceptors (Lipinski definition) is 7. The van der Waals surface area contributed by atoms with Crippen LogP contribution in [0.2, 0.25) is 5.02 Å². The van der Waals surface area contributed by atoms with Gasteiger partial charge in [-0.2, -0.15) is 0 Å². The van der Waals surface area contributed by atoms with Crippen molar-refractivity contribution in [3.05, 3.63) is 155 Å². The van der Waals surface area contributed by atoms with E-state index in [0.29, 0.717) is 56.3 Å². The molecule has 9 heteroatoms. The van der Waals surface area contributed by atoms with E-state index in [1.54, 1.807) is 11.5 Å². The van der Waals surface area contributed by atoms with Crippen LogP contribution in [0.3, 0.4) is 0 Å². The molecule has 0 radical (unpaired) electrons. The van der Waals surface area contributed by atoms with Gasteiger partial charge in [0.25, 0.3) is 5.56 Å². The van der Waals surface area contributed by atoms with Gasteiger partial charge in [0, 0.05) is 10.6 Å². The molecular formula is C40H37ClN2O5S. The van der Waals surface area contributed by atoms with Crippen LogP contribution in [0.25, 0.3) is 11.8 Å². The van der Waals surface area contributed by atoms with E-state index in [-0.39, 0.29) is 12.2 Å². The summed E-state index contributed by atoms with van der Waals surface area (Å²) in [6, 6.07) is 30.0. The lowest BCUT2D eigenvalue weighted by molar-refractivity contribution is -0.138. The Kier molecular flexibility index (Phi) is 10.5. The third-order valence-corrected chi connectivity index (χ3v) is 9.40. The van der Waals surface area contributed by atoms with Crippen molar-refractivity contribution in [1.29, 1.82) is 0 Å². The van der Waals surface area contributed by atoms with Crippen molar-refractivity contribution in [1.82, 2.24) is 4.57 Å². The molecule has 49 heavy (non-hydrogen) atoms. The molecule has 4 aromatic carbocycles. The SMILES string of the molecule is CCOC(=O)C1=C(c2ccccc2)N=c2s/c(=C\c3ccc(OCc4ccc(Cl)cc4)c(OCC)c3)c(=O)n2[C@@H]1c1ccc(C(C)C)cc1. The second-order valence-corrected chi connectivity index (χ2v) is 13.3. The van der Waals surface area contributed by atoms with Crippen molar-refractivity contribution < 1.29 is 19.0 Å². The van der Waals surface area contributed by atoms with Crippen LogP contribution in [0.5, 0.6) is 11.5 Å². The van der Waals surface area contributed by atoms with Crippen LogP contribution in [0.1, 0.15) is 67.5 Å². The number of benzene rings is 4. The van der Waals surface area contributed by atoms with E-state index in [0.717, 1.165) is 27.8 Å². The molecule has 1 atom stereocenters. The Morgan fingerprint density at radius 3 is 2.33 bits per heavy atom. The fraction of sp³-hybridized carbons (Fsp3) is 0.225. The number of fused-ring (bicyclic) bond motifs is 1. The molecule has 0 N–H and O–H groups in total. The molecule has 0 saturated heterocycles. The highest BCUT2D eigenvalue weighted by Gasteiger charge is 2.35. The molecule has 2 heterocycles. The number of halogens is 1. The van der Waals surface area contributed by atoms with E-state index in [9.17, 15) is 9.59 Å². The van der Waals surface area contributed by atoms with Gasteiger partial charge in [-0.05, 0) is 72.4 Å². The van der Waals surface area contributed by atoms with Crippen molar-refractivity contribution in [3.8, 4) is 11.5 Å². The standard InChI is InChI=1S/C40H37ClN2O5S/c1-5-46-33-22-27(14-21-32(33)48-24-26-12-19-31(41)20-13-26)23-34-38(44)43-37(30-17-15-28(16-18-30)25(3)4)35(39(45)47-6-2)36(42-40(43)49-34)29-10-8-7-9-11-29/h7-23,25,37H,5-6,24H2,1-4H3/b34-23-/t37-/m1/s1. The largest absolute Gasteiger partial charge is 0.490 e. The van der Waals surface area contributed by atoms with E-state index in [1.165, 1.54) is 11.3 Å². The second kappa shape index (κ2) is 15.1. The van der Waals surface area contributed by atoms with E-state index in [2.05, 4.69) is 13.8 Å². The quantitative estimate of drug-likeness (QED) is 0.133. The van der Waals surface area contributed by atoms with Gasteiger partial charge in [-0.15, -0.1) is 0 Å². The van der Waals surface area contributed by atoms with E-state index in [1.807, 2.05) is 110 Å². The molecule has 1 aromatic heterocycles. The first-order valence-electron chi connectivity index (χ1n) is 16.3.